The summed E-state index contributed by atoms with van der Waals surface area (Å²) in [7, 11) is 0. The second-order valence-corrected chi connectivity index (χ2v) is 4.85. The monoisotopic (exact) mass is 291 g/mol. The molecule has 0 heterocycles. The molecule has 0 aliphatic rings. The van der Waals surface area contributed by atoms with Gasteiger partial charge in [-0.3, -0.25) is 0 Å². The van der Waals surface area contributed by atoms with Gasteiger partial charge in [0, 0.05) is 11.7 Å². The van der Waals surface area contributed by atoms with Crippen LogP contribution in [0.1, 0.15) is 39.5 Å². The van der Waals surface area contributed by atoms with Crippen molar-refractivity contribution < 1.29 is 13.5 Å². The smallest absolute Gasteiger partial charge is 0.387 e. The lowest BCUT2D eigenvalue weighted by molar-refractivity contribution is -0.0497. The van der Waals surface area contributed by atoms with Crippen molar-refractivity contribution in [1.82, 2.24) is 0 Å². The topological polar surface area (TPSA) is 21.3 Å². The lowest BCUT2D eigenvalue weighted by atomic mass is 10.1. The molecule has 0 fully saturated rings. The molecule has 0 spiro atoms. The Morgan fingerprint density at radius 1 is 1.21 bits per heavy atom. The van der Waals surface area contributed by atoms with E-state index in [0.29, 0.717) is 6.04 Å². The van der Waals surface area contributed by atoms with Gasteiger partial charge in [0.05, 0.1) is 5.02 Å². The average Bonchev–Trinajstić information content (AvgIpc) is 2.33. The first-order chi connectivity index (χ1) is 9.06. The van der Waals surface area contributed by atoms with E-state index in [4.69, 9.17) is 11.6 Å². The third kappa shape index (κ3) is 5.64. The maximum Gasteiger partial charge on any atom is 0.387 e. The van der Waals surface area contributed by atoms with Crippen LogP contribution in [-0.4, -0.2) is 12.7 Å². The molecule has 0 saturated heterocycles. The van der Waals surface area contributed by atoms with Gasteiger partial charge in [0.15, 0.2) is 0 Å². The van der Waals surface area contributed by atoms with E-state index in [1.165, 1.54) is 6.07 Å². The zero-order valence-electron chi connectivity index (χ0n) is 11.3. The molecule has 108 valence electrons. The third-order valence-electron chi connectivity index (χ3n) is 2.79. The molecule has 2 nitrogen and oxygen atoms in total. The molecule has 1 rings (SSSR count). The highest BCUT2D eigenvalue weighted by atomic mass is 35.5. The Balaban J connectivity index is 2.70. The molecule has 0 atom stereocenters. The van der Waals surface area contributed by atoms with E-state index in [1.807, 2.05) is 0 Å². The molecule has 0 saturated carbocycles. The average molecular weight is 292 g/mol. The van der Waals surface area contributed by atoms with Gasteiger partial charge in [0.25, 0.3) is 0 Å². The molecule has 0 aromatic heterocycles. The van der Waals surface area contributed by atoms with Crippen LogP contribution in [0.4, 0.5) is 14.5 Å². The van der Waals surface area contributed by atoms with Gasteiger partial charge in [-0.25, -0.2) is 0 Å². The second-order valence-electron chi connectivity index (χ2n) is 4.44. The predicted octanol–water partition coefficient (Wildman–Crippen LogP) is 5.32. The van der Waals surface area contributed by atoms with Gasteiger partial charge in [-0.2, -0.15) is 8.78 Å². The Labute approximate surface area is 118 Å². The van der Waals surface area contributed by atoms with Crippen LogP contribution in [0, 0.1) is 0 Å². The van der Waals surface area contributed by atoms with E-state index in [0.717, 1.165) is 31.4 Å². The molecule has 5 heteroatoms. The number of rotatable bonds is 8. The van der Waals surface area contributed by atoms with Crippen molar-refractivity contribution in [2.45, 2.75) is 52.2 Å². The molecular formula is C14H20ClF2NO. The van der Waals surface area contributed by atoms with E-state index in [1.54, 1.807) is 12.1 Å². The molecule has 0 aliphatic carbocycles. The molecule has 19 heavy (non-hydrogen) atoms. The number of halogens is 3. The Bertz CT molecular complexity index is 382. The first-order valence-electron chi connectivity index (χ1n) is 6.57. The van der Waals surface area contributed by atoms with Crippen molar-refractivity contribution in [2.75, 3.05) is 5.32 Å². The van der Waals surface area contributed by atoms with E-state index in [9.17, 15) is 8.78 Å². The SMILES string of the molecule is CCCC(CCC)Nc1ccc(OC(F)F)c(Cl)c1. The fraction of sp³-hybridized carbons (Fsp3) is 0.571. The van der Waals surface area contributed by atoms with Crippen LogP contribution in [0.5, 0.6) is 5.75 Å². The molecule has 0 aliphatic heterocycles. The summed E-state index contributed by atoms with van der Waals surface area (Å²) in [6.07, 6.45) is 4.33. The Hall–Kier alpha value is -1.03. The van der Waals surface area contributed by atoms with E-state index < -0.39 is 6.61 Å². The number of ether oxygens (including phenoxy) is 1. The first kappa shape index (κ1) is 16.0. The Kier molecular flexibility index (Phi) is 6.92. The second kappa shape index (κ2) is 8.20. The molecular weight excluding hydrogens is 272 g/mol. The van der Waals surface area contributed by atoms with Crippen LogP contribution in [0.25, 0.3) is 0 Å². The number of anilines is 1. The third-order valence-corrected chi connectivity index (χ3v) is 3.09. The Morgan fingerprint density at radius 2 is 1.84 bits per heavy atom. The van der Waals surface area contributed by atoms with Crippen molar-refractivity contribution in [2.24, 2.45) is 0 Å². The van der Waals surface area contributed by atoms with Crippen LogP contribution in [-0.2, 0) is 0 Å². The first-order valence-corrected chi connectivity index (χ1v) is 6.95. The van der Waals surface area contributed by atoms with Crippen LogP contribution < -0.4 is 10.1 Å². The molecule has 0 radical (unpaired) electrons. The summed E-state index contributed by atoms with van der Waals surface area (Å²) in [5, 5.41) is 3.57. The molecule has 0 unspecified atom stereocenters. The van der Waals surface area contributed by atoms with Crippen molar-refractivity contribution in [3.05, 3.63) is 23.2 Å². The highest BCUT2D eigenvalue weighted by molar-refractivity contribution is 6.32. The lowest BCUT2D eigenvalue weighted by Crippen LogP contribution is -2.18. The lowest BCUT2D eigenvalue weighted by Gasteiger charge is -2.19. The predicted molar refractivity (Wildman–Crippen MR) is 75.3 cm³/mol. The van der Waals surface area contributed by atoms with E-state index in [-0.39, 0.29) is 10.8 Å². The molecule has 1 aromatic rings. The van der Waals surface area contributed by atoms with Crippen LogP contribution in [0.3, 0.4) is 0 Å². The summed E-state index contributed by atoms with van der Waals surface area (Å²) in [4.78, 5) is 0. The molecule has 1 aromatic carbocycles. The van der Waals surface area contributed by atoms with Crippen LogP contribution in [0.2, 0.25) is 5.02 Å². The maximum atomic E-state index is 12.1. The van der Waals surface area contributed by atoms with E-state index >= 15 is 0 Å². The number of nitrogens with one attached hydrogen (secondary N) is 1. The van der Waals surface area contributed by atoms with Gasteiger partial charge in [0.2, 0.25) is 0 Å². The van der Waals surface area contributed by atoms with Crippen molar-refractivity contribution >= 4 is 17.3 Å². The summed E-state index contributed by atoms with van der Waals surface area (Å²) in [5.74, 6) is 0.00440. The maximum absolute atomic E-state index is 12.1. The quantitative estimate of drug-likeness (QED) is 0.699. The standard InChI is InChI=1S/C14H20ClF2NO/c1-3-5-10(6-4-2)18-11-7-8-13(12(15)9-11)19-14(16)17/h7-10,14,18H,3-6H2,1-2H3. The molecule has 1 N–H and O–H groups in total. The Morgan fingerprint density at radius 3 is 2.32 bits per heavy atom. The minimum atomic E-state index is -2.86. The fourth-order valence-electron chi connectivity index (χ4n) is 2.00. The molecule has 0 bridgehead atoms. The van der Waals surface area contributed by atoms with Crippen LogP contribution in [0.15, 0.2) is 18.2 Å². The highest BCUT2D eigenvalue weighted by Crippen LogP contribution is 2.29. The normalized spacial score (nSPS) is 11.1. The number of benzene rings is 1. The van der Waals surface area contributed by atoms with Gasteiger partial charge >= 0.3 is 6.61 Å². The number of hydrogen-bond acceptors (Lipinski definition) is 2. The van der Waals surface area contributed by atoms with Gasteiger partial charge in [-0.15, -0.1) is 0 Å². The highest BCUT2D eigenvalue weighted by Gasteiger charge is 2.11. The van der Waals surface area contributed by atoms with Crippen molar-refractivity contribution in [1.29, 1.82) is 0 Å². The minimum Gasteiger partial charge on any atom is -0.433 e. The largest absolute Gasteiger partial charge is 0.433 e. The molecule has 0 amide bonds. The number of hydrogen-bond donors (Lipinski definition) is 1. The summed E-state index contributed by atoms with van der Waals surface area (Å²) in [5.41, 5.74) is 0.832. The van der Waals surface area contributed by atoms with Crippen molar-refractivity contribution in [3.63, 3.8) is 0 Å². The summed E-state index contributed by atoms with van der Waals surface area (Å²) >= 11 is 5.91. The summed E-state index contributed by atoms with van der Waals surface area (Å²) in [6.45, 7) is 1.41. The van der Waals surface area contributed by atoms with Gasteiger partial charge in [-0.1, -0.05) is 38.3 Å². The zero-order chi connectivity index (χ0) is 14.3. The van der Waals surface area contributed by atoms with Crippen molar-refractivity contribution in [3.8, 4) is 5.75 Å². The fourth-order valence-corrected chi connectivity index (χ4v) is 2.23. The summed E-state index contributed by atoms with van der Waals surface area (Å²) in [6, 6.07) is 5.18. The summed E-state index contributed by atoms with van der Waals surface area (Å²) < 4.78 is 28.5. The zero-order valence-corrected chi connectivity index (χ0v) is 12.0. The minimum absolute atomic E-state index is 0.00440. The van der Waals surface area contributed by atoms with Crippen LogP contribution >= 0.6 is 11.6 Å². The van der Waals surface area contributed by atoms with Gasteiger partial charge < -0.3 is 10.1 Å². The van der Waals surface area contributed by atoms with Gasteiger partial charge in [-0.05, 0) is 31.0 Å². The number of alkyl halides is 2. The van der Waals surface area contributed by atoms with Gasteiger partial charge in [0.1, 0.15) is 5.75 Å². The van der Waals surface area contributed by atoms with E-state index in [2.05, 4.69) is 23.9 Å².